The van der Waals surface area contributed by atoms with Gasteiger partial charge in [-0.2, -0.15) is 0 Å². The van der Waals surface area contributed by atoms with Gasteiger partial charge in [0.05, 0.1) is 18.5 Å². The first-order chi connectivity index (χ1) is 11.8. The number of amides is 1. The van der Waals surface area contributed by atoms with Gasteiger partial charge < -0.3 is 18.9 Å². The van der Waals surface area contributed by atoms with E-state index in [1.165, 1.54) is 0 Å². The van der Waals surface area contributed by atoms with Gasteiger partial charge in [-0.15, -0.1) is 10.2 Å². The van der Waals surface area contributed by atoms with Crippen molar-refractivity contribution in [3.05, 3.63) is 17.4 Å². The van der Waals surface area contributed by atoms with Crippen LogP contribution in [0.25, 0.3) is 11.0 Å². The molecule has 1 aliphatic rings. The predicted molar refractivity (Wildman–Crippen MR) is 95.2 cm³/mol. The first-order valence-corrected chi connectivity index (χ1v) is 8.72. The zero-order valence-corrected chi connectivity index (χ0v) is 15.7. The van der Waals surface area contributed by atoms with E-state index in [0.717, 1.165) is 18.2 Å². The normalized spacial score (nSPS) is 18.4. The number of hydrogen-bond acceptors (Lipinski definition) is 5. The molecule has 0 aromatic carbocycles. The molecule has 1 aliphatic heterocycles. The van der Waals surface area contributed by atoms with E-state index in [1.807, 2.05) is 31.5 Å². The Morgan fingerprint density at radius 2 is 2.12 bits per heavy atom. The Hall–Kier alpha value is -2.02. The summed E-state index contributed by atoms with van der Waals surface area (Å²) >= 11 is 5.96. The van der Waals surface area contributed by atoms with Gasteiger partial charge in [0.15, 0.2) is 10.8 Å². The third kappa shape index (κ3) is 3.81. The van der Waals surface area contributed by atoms with E-state index in [1.54, 1.807) is 18.1 Å². The lowest BCUT2D eigenvalue weighted by molar-refractivity contribution is 0.0174. The number of ether oxygens (including phenoxy) is 2. The van der Waals surface area contributed by atoms with Crippen molar-refractivity contribution in [3.8, 4) is 5.75 Å². The molecule has 1 amide bonds. The molecule has 2 aromatic heterocycles. The molecule has 0 spiro atoms. The molecule has 0 unspecified atom stereocenters. The number of aromatic nitrogens is 3. The summed E-state index contributed by atoms with van der Waals surface area (Å²) in [7, 11) is 1.61. The van der Waals surface area contributed by atoms with E-state index in [9.17, 15) is 4.79 Å². The van der Waals surface area contributed by atoms with Gasteiger partial charge in [-0.1, -0.05) is 11.6 Å². The van der Waals surface area contributed by atoms with Crippen molar-refractivity contribution in [2.75, 3.05) is 20.2 Å². The molecule has 3 heterocycles. The molecular formula is C17H23ClN4O3. The quantitative estimate of drug-likeness (QED) is 0.811. The zero-order chi connectivity index (χ0) is 18.2. The summed E-state index contributed by atoms with van der Waals surface area (Å²) in [6.07, 6.45) is 3.46. The Labute approximate surface area is 151 Å². The van der Waals surface area contributed by atoms with Crippen molar-refractivity contribution >= 4 is 28.7 Å². The van der Waals surface area contributed by atoms with Crippen molar-refractivity contribution in [1.82, 2.24) is 19.7 Å². The lowest BCUT2D eigenvalue weighted by atomic mass is 10.1. The fraction of sp³-hybridized carbons (Fsp3) is 0.588. The van der Waals surface area contributed by atoms with Crippen LogP contribution in [0.15, 0.2) is 12.3 Å². The third-order valence-corrected chi connectivity index (χ3v) is 4.36. The summed E-state index contributed by atoms with van der Waals surface area (Å²) < 4.78 is 13.0. The number of fused-ring (bicyclic) bond motifs is 1. The molecule has 1 atom stereocenters. The maximum Gasteiger partial charge on any atom is 0.410 e. The van der Waals surface area contributed by atoms with Crippen LogP contribution in [0.5, 0.6) is 5.75 Å². The van der Waals surface area contributed by atoms with Crippen LogP contribution in [0.1, 0.15) is 39.7 Å². The number of methoxy groups -OCH3 is 1. The molecule has 0 radical (unpaired) electrons. The minimum absolute atomic E-state index is 0.0862. The topological polar surface area (TPSA) is 69.5 Å². The van der Waals surface area contributed by atoms with E-state index in [-0.39, 0.29) is 12.1 Å². The summed E-state index contributed by atoms with van der Waals surface area (Å²) in [6.45, 7) is 6.87. The Kier molecular flexibility index (Phi) is 4.77. The number of halogens is 1. The second-order valence-electron chi connectivity index (χ2n) is 7.23. The number of rotatable bonds is 2. The van der Waals surface area contributed by atoms with Crippen LogP contribution < -0.4 is 4.74 Å². The van der Waals surface area contributed by atoms with Crippen LogP contribution in [-0.2, 0) is 4.74 Å². The van der Waals surface area contributed by atoms with Gasteiger partial charge in [0.25, 0.3) is 0 Å². The molecule has 0 aliphatic carbocycles. The second kappa shape index (κ2) is 6.71. The smallest absolute Gasteiger partial charge is 0.410 e. The number of likely N-dealkylation sites (tertiary alicyclic amines) is 1. The Morgan fingerprint density at radius 3 is 2.80 bits per heavy atom. The predicted octanol–water partition coefficient (Wildman–Crippen LogP) is 3.67. The number of hydrogen-bond donors (Lipinski definition) is 0. The molecular weight excluding hydrogens is 344 g/mol. The maximum atomic E-state index is 12.4. The summed E-state index contributed by atoms with van der Waals surface area (Å²) in [4.78, 5) is 14.1. The monoisotopic (exact) mass is 366 g/mol. The first kappa shape index (κ1) is 17.8. The minimum atomic E-state index is -0.504. The van der Waals surface area contributed by atoms with Gasteiger partial charge in [0.2, 0.25) is 0 Å². The van der Waals surface area contributed by atoms with Crippen molar-refractivity contribution < 1.29 is 14.3 Å². The SMILES string of the molecule is COc1cn([C@@H]2CCCN(C(=O)OC(C)(C)C)C2)c2nnc(Cl)cc12. The van der Waals surface area contributed by atoms with Gasteiger partial charge in [-0.25, -0.2) is 4.79 Å². The molecule has 1 fully saturated rings. The van der Waals surface area contributed by atoms with Crippen molar-refractivity contribution in [3.63, 3.8) is 0 Å². The van der Waals surface area contributed by atoms with Crippen molar-refractivity contribution in [2.24, 2.45) is 0 Å². The minimum Gasteiger partial charge on any atom is -0.494 e. The van der Waals surface area contributed by atoms with E-state index >= 15 is 0 Å². The van der Waals surface area contributed by atoms with E-state index in [4.69, 9.17) is 21.1 Å². The molecule has 0 bridgehead atoms. The highest BCUT2D eigenvalue weighted by Gasteiger charge is 2.29. The van der Waals surface area contributed by atoms with Gasteiger partial charge in [0.1, 0.15) is 11.4 Å². The second-order valence-corrected chi connectivity index (χ2v) is 7.62. The molecule has 3 rings (SSSR count). The van der Waals surface area contributed by atoms with Crippen molar-refractivity contribution in [2.45, 2.75) is 45.3 Å². The highest BCUT2D eigenvalue weighted by Crippen LogP contribution is 2.33. The number of carbonyl (C=O) groups excluding carboxylic acids is 1. The number of piperidine rings is 1. The van der Waals surface area contributed by atoms with Crippen LogP contribution in [0.3, 0.4) is 0 Å². The van der Waals surface area contributed by atoms with Gasteiger partial charge in [-0.3, -0.25) is 0 Å². The van der Waals surface area contributed by atoms with E-state index in [0.29, 0.717) is 29.6 Å². The molecule has 1 saturated heterocycles. The highest BCUT2D eigenvalue weighted by atomic mass is 35.5. The number of carbonyl (C=O) groups is 1. The average Bonchev–Trinajstić information content (AvgIpc) is 2.91. The molecule has 7 nitrogen and oxygen atoms in total. The summed E-state index contributed by atoms with van der Waals surface area (Å²) in [5, 5.41) is 9.31. The highest BCUT2D eigenvalue weighted by molar-refractivity contribution is 6.30. The van der Waals surface area contributed by atoms with Crippen LogP contribution in [-0.4, -0.2) is 51.6 Å². The van der Waals surface area contributed by atoms with Gasteiger partial charge >= 0.3 is 6.09 Å². The molecule has 25 heavy (non-hydrogen) atoms. The fourth-order valence-corrected chi connectivity index (χ4v) is 3.25. The summed E-state index contributed by atoms with van der Waals surface area (Å²) in [5.41, 5.74) is 0.201. The number of nitrogens with zero attached hydrogens (tertiary/aromatic N) is 4. The molecule has 0 N–H and O–H groups in total. The molecule has 8 heteroatoms. The van der Waals surface area contributed by atoms with E-state index in [2.05, 4.69) is 10.2 Å². The summed E-state index contributed by atoms with van der Waals surface area (Å²) in [5.74, 6) is 0.696. The van der Waals surface area contributed by atoms with Crippen molar-refractivity contribution in [1.29, 1.82) is 0 Å². The van der Waals surface area contributed by atoms with Crippen LogP contribution in [0.2, 0.25) is 5.15 Å². The standard InChI is InChI=1S/C17H23ClN4O3/c1-17(2,3)25-16(23)21-7-5-6-11(9-21)22-10-13(24-4)12-8-14(18)19-20-15(12)22/h8,10-11H,5-7,9H2,1-4H3/t11-/m1/s1. The fourth-order valence-electron chi connectivity index (χ4n) is 3.11. The Bertz CT molecular complexity index is 784. The Morgan fingerprint density at radius 1 is 1.36 bits per heavy atom. The largest absolute Gasteiger partial charge is 0.494 e. The van der Waals surface area contributed by atoms with Gasteiger partial charge in [-0.05, 0) is 39.7 Å². The molecule has 136 valence electrons. The summed E-state index contributed by atoms with van der Waals surface area (Å²) in [6, 6.07) is 1.83. The van der Waals surface area contributed by atoms with Gasteiger partial charge in [0, 0.05) is 19.3 Å². The van der Waals surface area contributed by atoms with Crippen LogP contribution in [0, 0.1) is 0 Å². The average molecular weight is 367 g/mol. The maximum absolute atomic E-state index is 12.4. The molecule has 2 aromatic rings. The lowest BCUT2D eigenvalue weighted by Crippen LogP contribution is -2.43. The van der Waals surface area contributed by atoms with Crippen LogP contribution >= 0.6 is 11.6 Å². The lowest BCUT2D eigenvalue weighted by Gasteiger charge is -2.34. The first-order valence-electron chi connectivity index (χ1n) is 8.34. The Balaban J connectivity index is 1.87. The molecule has 0 saturated carbocycles. The van der Waals surface area contributed by atoms with E-state index < -0.39 is 5.60 Å². The van der Waals surface area contributed by atoms with Crippen LogP contribution in [0.4, 0.5) is 4.79 Å². The third-order valence-electron chi connectivity index (χ3n) is 4.17. The zero-order valence-electron chi connectivity index (χ0n) is 15.0.